The van der Waals surface area contributed by atoms with Crippen molar-refractivity contribution >= 4 is 0 Å². The molecule has 2 rings (SSSR count). The third-order valence-corrected chi connectivity index (χ3v) is 4.35. The molecule has 1 aliphatic rings. The minimum Gasteiger partial charge on any atom is -0.474 e. The maximum absolute atomic E-state index is 6.08. The van der Waals surface area contributed by atoms with Crippen molar-refractivity contribution in [2.45, 2.75) is 65.6 Å². The van der Waals surface area contributed by atoms with Crippen molar-refractivity contribution in [2.75, 3.05) is 0 Å². The van der Waals surface area contributed by atoms with Crippen molar-refractivity contribution in [3.63, 3.8) is 0 Å². The molecule has 1 N–H and O–H groups in total. The molecule has 3 nitrogen and oxygen atoms in total. The van der Waals surface area contributed by atoms with Crippen LogP contribution < -0.4 is 10.1 Å². The lowest BCUT2D eigenvalue weighted by Gasteiger charge is -2.31. The predicted molar refractivity (Wildman–Crippen MR) is 82.8 cm³/mol. The molecule has 3 atom stereocenters. The van der Waals surface area contributed by atoms with Crippen molar-refractivity contribution in [3.8, 4) is 5.88 Å². The average molecular weight is 276 g/mol. The van der Waals surface area contributed by atoms with Gasteiger partial charge in [-0.05, 0) is 42.7 Å². The molecule has 0 saturated heterocycles. The van der Waals surface area contributed by atoms with Crippen molar-refractivity contribution in [1.29, 1.82) is 0 Å². The Hall–Kier alpha value is -1.09. The molecule has 112 valence electrons. The van der Waals surface area contributed by atoms with E-state index >= 15 is 0 Å². The highest BCUT2D eigenvalue weighted by Gasteiger charge is 2.25. The maximum Gasteiger partial charge on any atom is 0.213 e. The molecule has 0 spiro atoms. The van der Waals surface area contributed by atoms with Crippen LogP contribution in [0.4, 0.5) is 0 Å². The summed E-state index contributed by atoms with van der Waals surface area (Å²) in [6, 6.07) is 4.61. The SMILES string of the molecule is CC(C)NCc1ccnc(OC2CCC(C)C(C)C2)c1. The summed E-state index contributed by atoms with van der Waals surface area (Å²) in [6.07, 6.45) is 5.75. The van der Waals surface area contributed by atoms with Gasteiger partial charge in [0, 0.05) is 24.8 Å². The molecule has 0 aromatic carbocycles. The lowest BCUT2D eigenvalue weighted by molar-refractivity contribution is 0.0964. The van der Waals surface area contributed by atoms with Gasteiger partial charge in [0.05, 0.1) is 0 Å². The molecule has 1 aromatic heterocycles. The number of rotatable bonds is 5. The Kier molecular flexibility index (Phi) is 5.41. The molecule has 0 amide bonds. The van der Waals surface area contributed by atoms with Crippen LogP contribution in [0.25, 0.3) is 0 Å². The molecular formula is C17H28N2O. The van der Waals surface area contributed by atoms with E-state index in [1.165, 1.54) is 12.0 Å². The number of ether oxygens (including phenoxy) is 1. The number of pyridine rings is 1. The average Bonchev–Trinajstić information content (AvgIpc) is 2.41. The fourth-order valence-electron chi connectivity index (χ4n) is 2.72. The largest absolute Gasteiger partial charge is 0.474 e. The smallest absolute Gasteiger partial charge is 0.213 e. The van der Waals surface area contributed by atoms with Crippen LogP contribution in [0, 0.1) is 11.8 Å². The van der Waals surface area contributed by atoms with Gasteiger partial charge in [-0.1, -0.05) is 27.7 Å². The van der Waals surface area contributed by atoms with Crippen LogP contribution in [0.15, 0.2) is 18.3 Å². The fourth-order valence-corrected chi connectivity index (χ4v) is 2.72. The first-order valence-corrected chi connectivity index (χ1v) is 7.89. The van der Waals surface area contributed by atoms with Gasteiger partial charge in [-0.2, -0.15) is 0 Å². The van der Waals surface area contributed by atoms with Crippen molar-refractivity contribution in [1.82, 2.24) is 10.3 Å². The van der Waals surface area contributed by atoms with Crippen LogP contribution in [-0.2, 0) is 6.54 Å². The molecule has 1 fully saturated rings. The van der Waals surface area contributed by atoms with E-state index < -0.39 is 0 Å². The summed E-state index contributed by atoms with van der Waals surface area (Å²) >= 11 is 0. The topological polar surface area (TPSA) is 34.2 Å². The van der Waals surface area contributed by atoms with E-state index in [0.29, 0.717) is 12.1 Å². The summed E-state index contributed by atoms with van der Waals surface area (Å²) in [7, 11) is 0. The monoisotopic (exact) mass is 276 g/mol. The molecule has 1 saturated carbocycles. The van der Waals surface area contributed by atoms with Crippen LogP contribution in [0.3, 0.4) is 0 Å². The van der Waals surface area contributed by atoms with Crippen LogP contribution in [-0.4, -0.2) is 17.1 Å². The minimum absolute atomic E-state index is 0.335. The van der Waals surface area contributed by atoms with Crippen molar-refractivity contribution < 1.29 is 4.74 Å². The van der Waals surface area contributed by atoms with Gasteiger partial charge in [0.15, 0.2) is 0 Å². The second kappa shape index (κ2) is 7.07. The third kappa shape index (κ3) is 4.48. The normalized spacial score (nSPS) is 26.8. The Labute approximate surface area is 123 Å². The van der Waals surface area contributed by atoms with E-state index in [0.717, 1.165) is 37.1 Å². The Morgan fingerprint density at radius 3 is 2.80 bits per heavy atom. The first-order chi connectivity index (χ1) is 9.54. The van der Waals surface area contributed by atoms with E-state index in [-0.39, 0.29) is 0 Å². The number of aromatic nitrogens is 1. The van der Waals surface area contributed by atoms with E-state index in [2.05, 4.69) is 44.1 Å². The molecule has 0 aliphatic heterocycles. The Morgan fingerprint density at radius 2 is 2.10 bits per heavy atom. The van der Waals surface area contributed by atoms with Gasteiger partial charge in [0.2, 0.25) is 5.88 Å². The standard InChI is InChI=1S/C17H28N2O/c1-12(2)19-11-15-7-8-18-17(10-15)20-16-6-5-13(3)14(4)9-16/h7-8,10,12-14,16,19H,5-6,9,11H2,1-4H3. The van der Waals surface area contributed by atoms with Gasteiger partial charge in [-0.25, -0.2) is 4.98 Å². The summed E-state index contributed by atoms with van der Waals surface area (Å²) in [6.45, 7) is 9.86. The summed E-state index contributed by atoms with van der Waals surface area (Å²) in [5.41, 5.74) is 1.24. The van der Waals surface area contributed by atoms with E-state index in [9.17, 15) is 0 Å². The molecule has 1 heterocycles. The lowest BCUT2D eigenvalue weighted by atomic mass is 9.80. The highest BCUT2D eigenvalue weighted by Crippen LogP contribution is 2.31. The summed E-state index contributed by atoms with van der Waals surface area (Å²) in [4.78, 5) is 4.35. The molecule has 3 unspecified atom stereocenters. The number of nitrogens with one attached hydrogen (secondary N) is 1. The summed E-state index contributed by atoms with van der Waals surface area (Å²) < 4.78 is 6.08. The van der Waals surface area contributed by atoms with Gasteiger partial charge in [-0.3, -0.25) is 0 Å². The zero-order chi connectivity index (χ0) is 14.5. The van der Waals surface area contributed by atoms with Gasteiger partial charge in [0.25, 0.3) is 0 Å². The van der Waals surface area contributed by atoms with Crippen molar-refractivity contribution in [3.05, 3.63) is 23.9 Å². The van der Waals surface area contributed by atoms with Gasteiger partial charge in [-0.15, -0.1) is 0 Å². The van der Waals surface area contributed by atoms with E-state index in [4.69, 9.17) is 4.74 Å². The lowest BCUT2D eigenvalue weighted by Crippen LogP contribution is -2.29. The number of hydrogen-bond acceptors (Lipinski definition) is 3. The third-order valence-electron chi connectivity index (χ3n) is 4.35. The maximum atomic E-state index is 6.08. The van der Waals surface area contributed by atoms with Crippen molar-refractivity contribution in [2.24, 2.45) is 11.8 Å². The second-order valence-electron chi connectivity index (χ2n) is 6.55. The Morgan fingerprint density at radius 1 is 1.30 bits per heavy atom. The molecular weight excluding hydrogens is 248 g/mol. The summed E-state index contributed by atoms with van der Waals surface area (Å²) in [5.74, 6) is 2.35. The minimum atomic E-state index is 0.335. The van der Waals surface area contributed by atoms with Gasteiger partial charge < -0.3 is 10.1 Å². The molecule has 20 heavy (non-hydrogen) atoms. The fraction of sp³-hybridized carbons (Fsp3) is 0.706. The summed E-state index contributed by atoms with van der Waals surface area (Å²) in [5, 5.41) is 3.42. The Balaban J connectivity index is 1.91. The van der Waals surface area contributed by atoms with Crippen LogP contribution in [0.2, 0.25) is 0 Å². The molecule has 1 aliphatic carbocycles. The second-order valence-corrected chi connectivity index (χ2v) is 6.55. The molecule has 0 radical (unpaired) electrons. The van der Waals surface area contributed by atoms with Crippen LogP contribution in [0.5, 0.6) is 5.88 Å². The predicted octanol–water partition coefficient (Wildman–Crippen LogP) is 3.78. The van der Waals surface area contributed by atoms with Gasteiger partial charge >= 0.3 is 0 Å². The van der Waals surface area contributed by atoms with Crippen LogP contribution in [0.1, 0.15) is 52.5 Å². The zero-order valence-electron chi connectivity index (χ0n) is 13.2. The highest BCUT2D eigenvalue weighted by molar-refractivity contribution is 5.20. The van der Waals surface area contributed by atoms with E-state index in [1.807, 2.05) is 12.3 Å². The first-order valence-electron chi connectivity index (χ1n) is 7.89. The zero-order valence-corrected chi connectivity index (χ0v) is 13.2. The Bertz CT molecular complexity index is 419. The molecule has 3 heteroatoms. The van der Waals surface area contributed by atoms with Gasteiger partial charge in [0.1, 0.15) is 6.10 Å². The first kappa shape index (κ1) is 15.3. The number of hydrogen-bond donors (Lipinski definition) is 1. The molecule has 0 bridgehead atoms. The quantitative estimate of drug-likeness (QED) is 0.888. The van der Waals surface area contributed by atoms with E-state index in [1.54, 1.807) is 0 Å². The number of nitrogens with zero attached hydrogens (tertiary/aromatic N) is 1. The molecule has 1 aromatic rings. The highest BCUT2D eigenvalue weighted by atomic mass is 16.5. The van der Waals surface area contributed by atoms with Crippen LogP contribution >= 0.6 is 0 Å².